The lowest BCUT2D eigenvalue weighted by molar-refractivity contribution is -0.124. The average molecular weight is 330 g/mol. The molecule has 3 rings (SSSR count). The monoisotopic (exact) mass is 330 g/mol. The molecular formula is C18H22N2O2S. The first-order chi connectivity index (χ1) is 11.1. The van der Waals surface area contributed by atoms with E-state index in [1.807, 2.05) is 12.1 Å². The van der Waals surface area contributed by atoms with Gasteiger partial charge in [0.05, 0.1) is 12.3 Å². The molecule has 2 aromatic rings. The average Bonchev–Trinajstić information content (AvgIpc) is 3.11. The molecule has 122 valence electrons. The Bertz CT molecular complexity index is 718. The molecule has 0 radical (unpaired) electrons. The number of hydrogen-bond donors (Lipinski definition) is 0. The van der Waals surface area contributed by atoms with Crippen LogP contribution in [0.1, 0.15) is 32.3 Å². The molecule has 1 fully saturated rings. The summed E-state index contributed by atoms with van der Waals surface area (Å²) in [7, 11) is 0. The van der Waals surface area contributed by atoms with Gasteiger partial charge in [0.2, 0.25) is 5.91 Å². The van der Waals surface area contributed by atoms with Crippen LogP contribution in [0.3, 0.4) is 0 Å². The van der Waals surface area contributed by atoms with Crippen LogP contribution in [0.15, 0.2) is 30.5 Å². The van der Waals surface area contributed by atoms with Gasteiger partial charge in [0.25, 0.3) is 5.24 Å². The normalized spacial score (nSPS) is 15.3. The van der Waals surface area contributed by atoms with E-state index in [-0.39, 0.29) is 16.9 Å². The van der Waals surface area contributed by atoms with Gasteiger partial charge in [-0.2, -0.15) is 0 Å². The molecule has 5 heteroatoms. The Morgan fingerprint density at radius 3 is 2.61 bits per heavy atom. The zero-order chi connectivity index (χ0) is 16.4. The van der Waals surface area contributed by atoms with Gasteiger partial charge in [-0.05, 0) is 23.6 Å². The van der Waals surface area contributed by atoms with Crippen molar-refractivity contribution in [3.05, 3.63) is 36.0 Å². The third-order valence-corrected chi connectivity index (χ3v) is 5.54. The van der Waals surface area contributed by atoms with Gasteiger partial charge in [0, 0.05) is 23.6 Å². The second kappa shape index (κ2) is 6.79. The molecule has 1 aliphatic heterocycles. The zero-order valence-corrected chi connectivity index (χ0v) is 14.4. The van der Waals surface area contributed by atoms with Gasteiger partial charge in [0.15, 0.2) is 0 Å². The van der Waals surface area contributed by atoms with Crippen molar-refractivity contribution >= 4 is 33.8 Å². The van der Waals surface area contributed by atoms with Crippen LogP contribution in [-0.4, -0.2) is 26.4 Å². The van der Waals surface area contributed by atoms with Gasteiger partial charge in [-0.25, -0.2) is 0 Å². The predicted octanol–water partition coefficient (Wildman–Crippen LogP) is 4.27. The molecule has 1 aromatic heterocycles. The number of imide groups is 1. The first-order valence-electron chi connectivity index (χ1n) is 8.17. The topological polar surface area (TPSA) is 42.3 Å². The van der Waals surface area contributed by atoms with Crippen LogP contribution in [0, 0.1) is 5.92 Å². The van der Waals surface area contributed by atoms with Crippen molar-refractivity contribution in [2.45, 2.75) is 39.8 Å². The molecule has 2 amide bonds. The van der Waals surface area contributed by atoms with Crippen LogP contribution in [0.25, 0.3) is 10.9 Å². The smallest absolute Gasteiger partial charge is 0.289 e. The van der Waals surface area contributed by atoms with E-state index in [1.165, 1.54) is 23.3 Å². The number of aromatic nitrogens is 1. The van der Waals surface area contributed by atoms with Gasteiger partial charge in [0.1, 0.15) is 0 Å². The molecule has 1 aliphatic rings. The summed E-state index contributed by atoms with van der Waals surface area (Å²) >= 11 is 1.09. The Balaban J connectivity index is 1.89. The van der Waals surface area contributed by atoms with E-state index in [4.69, 9.17) is 0 Å². The third kappa shape index (κ3) is 3.15. The highest BCUT2D eigenvalue weighted by Crippen LogP contribution is 2.27. The fourth-order valence-electron chi connectivity index (χ4n) is 3.11. The molecule has 0 aliphatic carbocycles. The van der Waals surface area contributed by atoms with Crippen LogP contribution in [0.4, 0.5) is 4.79 Å². The van der Waals surface area contributed by atoms with E-state index in [2.05, 4.69) is 36.7 Å². The minimum absolute atomic E-state index is 0.0894. The second-order valence-electron chi connectivity index (χ2n) is 6.04. The molecule has 0 atom stereocenters. The van der Waals surface area contributed by atoms with Crippen LogP contribution in [0.2, 0.25) is 0 Å². The quantitative estimate of drug-likeness (QED) is 0.794. The molecule has 0 unspecified atom stereocenters. The van der Waals surface area contributed by atoms with Crippen molar-refractivity contribution in [1.29, 1.82) is 0 Å². The van der Waals surface area contributed by atoms with Crippen LogP contribution in [-0.2, 0) is 17.9 Å². The maximum atomic E-state index is 11.8. The zero-order valence-electron chi connectivity index (χ0n) is 13.6. The summed E-state index contributed by atoms with van der Waals surface area (Å²) in [6.07, 6.45) is 4.46. The van der Waals surface area contributed by atoms with E-state index >= 15 is 0 Å². The summed E-state index contributed by atoms with van der Waals surface area (Å²) in [4.78, 5) is 25.0. The van der Waals surface area contributed by atoms with E-state index in [9.17, 15) is 9.59 Å². The lowest BCUT2D eigenvalue weighted by Gasteiger charge is -2.16. The lowest BCUT2D eigenvalue weighted by atomic mass is 10.0. The van der Waals surface area contributed by atoms with E-state index in [0.29, 0.717) is 12.5 Å². The van der Waals surface area contributed by atoms with E-state index in [1.54, 1.807) is 0 Å². The standard InChI is InChI=1S/C18H22N2O2S/c1-3-13(4-2)10-19-9-8-15-14(6-5-7-16(15)19)11-20-17(21)12-23-18(20)22/h5-9,13H,3-4,10-12H2,1-2H3. The number of fused-ring (bicyclic) bond motifs is 1. The van der Waals surface area contributed by atoms with Crippen molar-refractivity contribution in [1.82, 2.24) is 9.47 Å². The van der Waals surface area contributed by atoms with Gasteiger partial charge < -0.3 is 4.57 Å². The second-order valence-corrected chi connectivity index (χ2v) is 6.96. The number of benzene rings is 1. The summed E-state index contributed by atoms with van der Waals surface area (Å²) in [5, 5.41) is 0.999. The molecule has 0 saturated carbocycles. The number of amides is 2. The molecule has 23 heavy (non-hydrogen) atoms. The lowest BCUT2D eigenvalue weighted by Crippen LogP contribution is -2.27. The Kier molecular flexibility index (Phi) is 4.76. The molecule has 1 aromatic carbocycles. The highest BCUT2D eigenvalue weighted by molar-refractivity contribution is 8.14. The van der Waals surface area contributed by atoms with E-state index in [0.717, 1.165) is 29.3 Å². The summed E-state index contributed by atoms with van der Waals surface area (Å²) in [5.41, 5.74) is 2.22. The molecule has 0 bridgehead atoms. The highest BCUT2D eigenvalue weighted by Gasteiger charge is 2.30. The van der Waals surface area contributed by atoms with Crippen molar-refractivity contribution in [3.63, 3.8) is 0 Å². The first kappa shape index (κ1) is 16.1. The van der Waals surface area contributed by atoms with Gasteiger partial charge in [-0.3, -0.25) is 14.5 Å². The summed E-state index contributed by atoms with van der Waals surface area (Å²) < 4.78 is 2.29. The van der Waals surface area contributed by atoms with Crippen LogP contribution < -0.4 is 0 Å². The summed E-state index contributed by atoms with van der Waals surface area (Å²) in [6, 6.07) is 8.24. The minimum Gasteiger partial charge on any atom is -0.347 e. The van der Waals surface area contributed by atoms with Gasteiger partial charge in [-0.15, -0.1) is 0 Å². The summed E-state index contributed by atoms with van der Waals surface area (Å²) in [5.74, 6) is 0.852. The van der Waals surface area contributed by atoms with Crippen molar-refractivity contribution < 1.29 is 9.59 Å². The SMILES string of the molecule is CCC(CC)Cn1ccc2c(CN3C(=O)CSC3=O)cccc21. The van der Waals surface area contributed by atoms with Gasteiger partial charge in [-0.1, -0.05) is 50.6 Å². The number of hydrogen-bond acceptors (Lipinski definition) is 3. The molecule has 0 spiro atoms. The fraction of sp³-hybridized carbons (Fsp3) is 0.444. The minimum atomic E-state index is -0.136. The Morgan fingerprint density at radius 2 is 1.96 bits per heavy atom. The maximum absolute atomic E-state index is 11.8. The number of carbonyl (C=O) groups excluding carboxylic acids is 2. The molecule has 4 nitrogen and oxygen atoms in total. The third-order valence-electron chi connectivity index (χ3n) is 4.68. The number of rotatable bonds is 6. The predicted molar refractivity (Wildman–Crippen MR) is 94.4 cm³/mol. The number of nitrogens with zero attached hydrogens (tertiary/aromatic N) is 2. The Labute approximate surface area is 140 Å². The first-order valence-corrected chi connectivity index (χ1v) is 9.16. The largest absolute Gasteiger partial charge is 0.347 e. The van der Waals surface area contributed by atoms with Crippen LogP contribution >= 0.6 is 11.8 Å². The molecule has 2 heterocycles. The summed E-state index contributed by atoms with van der Waals surface area (Å²) in [6.45, 7) is 5.84. The fourth-order valence-corrected chi connectivity index (χ4v) is 3.84. The molecule has 0 N–H and O–H groups in total. The van der Waals surface area contributed by atoms with Crippen molar-refractivity contribution in [2.24, 2.45) is 5.92 Å². The van der Waals surface area contributed by atoms with Gasteiger partial charge >= 0.3 is 0 Å². The Hall–Kier alpha value is -1.75. The Morgan fingerprint density at radius 1 is 1.17 bits per heavy atom. The van der Waals surface area contributed by atoms with Crippen molar-refractivity contribution in [3.8, 4) is 0 Å². The highest BCUT2D eigenvalue weighted by atomic mass is 32.2. The number of thioether (sulfide) groups is 1. The number of carbonyl (C=O) groups is 2. The van der Waals surface area contributed by atoms with E-state index < -0.39 is 0 Å². The molecular weight excluding hydrogens is 308 g/mol. The molecule has 1 saturated heterocycles. The maximum Gasteiger partial charge on any atom is 0.289 e. The van der Waals surface area contributed by atoms with Crippen LogP contribution in [0.5, 0.6) is 0 Å². The van der Waals surface area contributed by atoms with Crippen molar-refractivity contribution in [2.75, 3.05) is 5.75 Å².